The van der Waals surface area contributed by atoms with Gasteiger partial charge >= 0.3 is 0 Å². The van der Waals surface area contributed by atoms with Crippen LogP contribution >= 0.6 is 0 Å². The summed E-state index contributed by atoms with van der Waals surface area (Å²) < 4.78 is 31.7. The van der Waals surface area contributed by atoms with E-state index in [1.807, 2.05) is 0 Å². The van der Waals surface area contributed by atoms with E-state index in [2.05, 4.69) is 15.6 Å². The Labute approximate surface area is 140 Å². The van der Waals surface area contributed by atoms with Crippen molar-refractivity contribution in [3.63, 3.8) is 0 Å². The number of guanidine groups is 1. The van der Waals surface area contributed by atoms with E-state index >= 15 is 0 Å². The molecule has 1 aromatic rings. The Hall–Kier alpha value is -2.22. The predicted octanol–water partition coefficient (Wildman–Crippen LogP) is 0.777. The van der Waals surface area contributed by atoms with Crippen molar-refractivity contribution in [3.8, 4) is 0 Å². The molecule has 0 atom stereocenters. The average Bonchev–Trinajstić information content (AvgIpc) is 2.54. The number of methoxy groups -OCH3 is 1. The van der Waals surface area contributed by atoms with Crippen molar-refractivity contribution in [2.45, 2.75) is 6.42 Å². The van der Waals surface area contributed by atoms with Crippen molar-refractivity contribution in [3.05, 3.63) is 35.4 Å². The summed E-state index contributed by atoms with van der Waals surface area (Å²) in [7, 11) is 4.88. The summed E-state index contributed by atoms with van der Waals surface area (Å²) in [6.45, 7) is 1.31. The van der Waals surface area contributed by atoms with Crippen LogP contribution in [0.15, 0.2) is 23.2 Å². The van der Waals surface area contributed by atoms with Crippen LogP contribution in [0.3, 0.4) is 0 Å². The van der Waals surface area contributed by atoms with Gasteiger partial charge in [-0.25, -0.2) is 13.8 Å². The summed E-state index contributed by atoms with van der Waals surface area (Å²) >= 11 is 0. The molecule has 0 spiro atoms. The highest BCUT2D eigenvalue weighted by molar-refractivity contribution is 5.84. The predicted molar refractivity (Wildman–Crippen MR) is 88.9 cm³/mol. The highest BCUT2D eigenvalue weighted by atomic mass is 19.1. The maximum absolute atomic E-state index is 13.6. The van der Waals surface area contributed by atoms with E-state index < -0.39 is 11.6 Å². The third-order valence-corrected chi connectivity index (χ3v) is 3.16. The smallest absolute Gasteiger partial charge is 0.243 e. The van der Waals surface area contributed by atoms with E-state index in [1.54, 1.807) is 21.2 Å². The maximum atomic E-state index is 13.6. The zero-order valence-electron chi connectivity index (χ0n) is 14.2. The van der Waals surface area contributed by atoms with Gasteiger partial charge in [0.25, 0.3) is 0 Å². The number of likely N-dealkylation sites (N-methyl/N-ethyl adjacent to an activating group) is 1. The van der Waals surface area contributed by atoms with E-state index in [1.165, 1.54) is 11.0 Å². The Balaban J connectivity index is 2.58. The van der Waals surface area contributed by atoms with Crippen molar-refractivity contribution in [2.24, 2.45) is 4.99 Å². The fourth-order valence-electron chi connectivity index (χ4n) is 1.78. The summed E-state index contributed by atoms with van der Waals surface area (Å²) in [6, 6.07) is 3.35. The number of rotatable bonds is 8. The molecule has 0 heterocycles. The molecule has 0 radical (unpaired) electrons. The van der Waals surface area contributed by atoms with Crippen molar-refractivity contribution in [2.75, 3.05) is 47.4 Å². The van der Waals surface area contributed by atoms with Gasteiger partial charge in [0.1, 0.15) is 18.2 Å². The second-order valence-corrected chi connectivity index (χ2v) is 5.29. The number of hydrogen-bond acceptors (Lipinski definition) is 3. The van der Waals surface area contributed by atoms with Gasteiger partial charge in [0.15, 0.2) is 5.96 Å². The Kier molecular flexibility index (Phi) is 8.70. The van der Waals surface area contributed by atoms with E-state index in [-0.39, 0.29) is 24.4 Å². The van der Waals surface area contributed by atoms with Crippen LogP contribution in [0, 0.1) is 11.6 Å². The number of carbonyl (C=O) groups is 1. The number of hydrogen-bond donors (Lipinski definition) is 2. The van der Waals surface area contributed by atoms with Crippen molar-refractivity contribution < 1.29 is 18.3 Å². The van der Waals surface area contributed by atoms with Gasteiger partial charge in [0.2, 0.25) is 5.91 Å². The number of halogens is 2. The lowest BCUT2D eigenvalue weighted by molar-refractivity contribution is -0.127. The van der Waals surface area contributed by atoms with Gasteiger partial charge in [-0.1, -0.05) is 0 Å². The molecule has 0 saturated carbocycles. The van der Waals surface area contributed by atoms with Crippen LogP contribution in [-0.4, -0.2) is 64.2 Å². The molecule has 1 aromatic carbocycles. The number of carbonyl (C=O) groups excluding carboxylic acids is 1. The zero-order chi connectivity index (χ0) is 17.9. The highest BCUT2D eigenvalue weighted by Crippen LogP contribution is 2.09. The van der Waals surface area contributed by atoms with Crippen molar-refractivity contribution in [1.82, 2.24) is 15.5 Å². The summed E-state index contributed by atoms with van der Waals surface area (Å²) in [5.74, 6) is -0.653. The summed E-state index contributed by atoms with van der Waals surface area (Å²) in [5.41, 5.74) is 0.281. The third kappa shape index (κ3) is 7.36. The molecule has 24 heavy (non-hydrogen) atoms. The minimum atomic E-state index is -0.477. The molecule has 0 aliphatic carbocycles. The van der Waals surface area contributed by atoms with E-state index in [4.69, 9.17) is 4.74 Å². The number of nitrogens with zero attached hydrogens (tertiary/aromatic N) is 2. The summed E-state index contributed by atoms with van der Waals surface area (Å²) in [5, 5.41) is 5.99. The first-order chi connectivity index (χ1) is 11.4. The standard InChI is InChI=1S/C16H24F2N4O2/c1-22(2)15(23)11-21-16(20-8-9-24-3)19-7-6-12-10-13(17)4-5-14(12)18/h4-5,10H,6-9,11H2,1-3H3,(H2,19,20,21). The molecule has 0 aliphatic heterocycles. The first-order valence-corrected chi connectivity index (χ1v) is 7.59. The lowest BCUT2D eigenvalue weighted by Gasteiger charge is -2.13. The van der Waals surface area contributed by atoms with Gasteiger partial charge in [-0.2, -0.15) is 0 Å². The van der Waals surface area contributed by atoms with Crippen molar-refractivity contribution in [1.29, 1.82) is 0 Å². The molecule has 0 saturated heterocycles. The summed E-state index contributed by atoms with van der Waals surface area (Å²) in [4.78, 5) is 17.2. The lowest BCUT2D eigenvalue weighted by Crippen LogP contribution is -2.40. The Morgan fingerprint density at radius 3 is 2.62 bits per heavy atom. The number of nitrogens with one attached hydrogen (secondary N) is 2. The van der Waals surface area contributed by atoms with E-state index in [9.17, 15) is 13.6 Å². The first kappa shape index (κ1) is 19.8. The molecular formula is C16H24F2N4O2. The second kappa shape index (κ2) is 10.5. The van der Waals surface area contributed by atoms with Crippen LogP contribution in [0.5, 0.6) is 0 Å². The number of amides is 1. The van der Waals surface area contributed by atoms with Crippen molar-refractivity contribution >= 4 is 11.9 Å². The van der Waals surface area contributed by atoms with Gasteiger partial charge in [-0.05, 0) is 30.2 Å². The van der Waals surface area contributed by atoms with Gasteiger partial charge in [-0.3, -0.25) is 4.79 Å². The molecule has 1 rings (SSSR count). The summed E-state index contributed by atoms with van der Waals surface area (Å²) in [6.07, 6.45) is 0.288. The normalized spacial score (nSPS) is 11.3. The largest absolute Gasteiger partial charge is 0.383 e. The quantitative estimate of drug-likeness (QED) is 0.416. The minimum absolute atomic E-state index is 0.0103. The number of aliphatic imine (C=N–C) groups is 1. The molecule has 8 heteroatoms. The molecule has 134 valence electrons. The van der Waals surface area contributed by atoms with Gasteiger partial charge in [0, 0.05) is 34.3 Å². The maximum Gasteiger partial charge on any atom is 0.243 e. The zero-order valence-corrected chi connectivity index (χ0v) is 14.2. The molecule has 6 nitrogen and oxygen atoms in total. The van der Waals surface area contributed by atoms with Crippen LogP contribution in [0.2, 0.25) is 0 Å². The molecule has 0 unspecified atom stereocenters. The van der Waals surface area contributed by atoms with Crippen LogP contribution in [0.4, 0.5) is 8.78 Å². The molecule has 2 N–H and O–H groups in total. The van der Waals surface area contributed by atoms with Crippen LogP contribution in [-0.2, 0) is 16.0 Å². The highest BCUT2D eigenvalue weighted by Gasteiger charge is 2.06. The Bertz CT molecular complexity index is 565. The van der Waals surface area contributed by atoms with E-state index in [0.717, 1.165) is 12.1 Å². The van der Waals surface area contributed by atoms with Gasteiger partial charge in [0.05, 0.1) is 6.61 Å². The molecular weight excluding hydrogens is 318 g/mol. The van der Waals surface area contributed by atoms with Gasteiger partial charge in [-0.15, -0.1) is 0 Å². The Morgan fingerprint density at radius 1 is 1.25 bits per heavy atom. The number of benzene rings is 1. The molecule has 0 aromatic heterocycles. The average molecular weight is 342 g/mol. The first-order valence-electron chi connectivity index (χ1n) is 7.59. The fourth-order valence-corrected chi connectivity index (χ4v) is 1.78. The van der Waals surface area contributed by atoms with E-state index in [0.29, 0.717) is 25.7 Å². The third-order valence-electron chi connectivity index (χ3n) is 3.16. The second-order valence-electron chi connectivity index (χ2n) is 5.29. The lowest BCUT2D eigenvalue weighted by atomic mass is 10.1. The van der Waals surface area contributed by atoms with Crippen LogP contribution in [0.25, 0.3) is 0 Å². The fraction of sp³-hybridized carbons (Fsp3) is 0.500. The SMILES string of the molecule is COCCNC(=NCC(=O)N(C)C)NCCc1cc(F)ccc1F. The topological polar surface area (TPSA) is 66.0 Å². The van der Waals surface area contributed by atoms with Crippen LogP contribution in [0.1, 0.15) is 5.56 Å². The molecule has 0 bridgehead atoms. The minimum Gasteiger partial charge on any atom is -0.383 e. The molecule has 0 fully saturated rings. The Morgan fingerprint density at radius 2 is 1.96 bits per heavy atom. The monoisotopic (exact) mass is 342 g/mol. The molecule has 0 aliphatic rings. The number of ether oxygens (including phenoxy) is 1. The van der Waals surface area contributed by atoms with Crippen LogP contribution < -0.4 is 10.6 Å². The van der Waals surface area contributed by atoms with Gasteiger partial charge < -0.3 is 20.3 Å². The molecule has 1 amide bonds.